The molecule has 4 rings (SSSR count). The number of hydrogen-bond acceptors (Lipinski definition) is 6. The van der Waals surface area contributed by atoms with E-state index in [-0.39, 0.29) is 17.1 Å². The average molecular weight is 419 g/mol. The van der Waals surface area contributed by atoms with Crippen LogP contribution in [0, 0.1) is 0 Å². The van der Waals surface area contributed by atoms with Crippen LogP contribution in [0.4, 0.5) is 10.5 Å². The molecule has 1 unspecified atom stereocenters. The second-order valence-corrected chi connectivity index (χ2v) is 7.73. The number of benzene rings is 1. The zero-order chi connectivity index (χ0) is 20.9. The lowest BCUT2D eigenvalue weighted by molar-refractivity contribution is -0.119. The first-order valence-electron chi connectivity index (χ1n) is 9.11. The second-order valence-electron chi connectivity index (χ2n) is 6.56. The minimum Gasteiger partial charge on any atom is -0.323 e. The Labute approximate surface area is 176 Å². The predicted molar refractivity (Wildman–Crippen MR) is 115 cm³/mol. The molecule has 9 heteroatoms. The highest BCUT2D eigenvalue weighted by molar-refractivity contribution is 8.15. The fourth-order valence-corrected chi connectivity index (χ4v) is 3.88. The molecule has 3 aromatic rings. The molecule has 30 heavy (non-hydrogen) atoms. The maximum Gasteiger partial charge on any atom is 0.286 e. The molecule has 1 aliphatic heterocycles. The molecule has 1 saturated heterocycles. The highest BCUT2D eigenvalue weighted by atomic mass is 32.2. The predicted octanol–water partition coefficient (Wildman–Crippen LogP) is 3.02. The molecule has 3 N–H and O–H groups in total. The summed E-state index contributed by atoms with van der Waals surface area (Å²) in [6.45, 7) is 0. The van der Waals surface area contributed by atoms with E-state index in [4.69, 9.17) is 0 Å². The van der Waals surface area contributed by atoms with Crippen LogP contribution in [0.2, 0.25) is 0 Å². The van der Waals surface area contributed by atoms with E-state index in [0.29, 0.717) is 12.1 Å². The Hall–Kier alpha value is -3.72. The fourth-order valence-electron chi connectivity index (χ4n) is 3.02. The summed E-state index contributed by atoms with van der Waals surface area (Å²) >= 11 is 0.998. The van der Waals surface area contributed by atoms with E-state index in [1.54, 1.807) is 43.0 Å². The van der Waals surface area contributed by atoms with E-state index in [9.17, 15) is 14.4 Å². The highest BCUT2D eigenvalue weighted by Crippen LogP contribution is 2.24. The van der Waals surface area contributed by atoms with Gasteiger partial charge < -0.3 is 5.32 Å². The Morgan fingerprint density at radius 3 is 2.70 bits per heavy atom. The van der Waals surface area contributed by atoms with Crippen molar-refractivity contribution in [2.45, 2.75) is 11.7 Å². The number of rotatable bonds is 6. The molecule has 3 heterocycles. The number of nitrogens with one attached hydrogen (secondary N) is 3. The van der Waals surface area contributed by atoms with Gasteiger partial charge in [0.2, 0.25) is 11.8 Å². The Balaban J connectivity index is 1.38. The van der Waals surface area contributed by atoms with Crippen LogP contribution in [0.25, 0.3) is 17.2 Å². The van der Waals surface area contributed by atoms with Gasteiger partial charge in [-0.3, -0.25) is 29.8 Å². The summed E-state index contributed by atoms with van der Waals surface area (Å²) in [5.41, 5.74) is 4.16. The zero-order valence-electron chi connectivity index (χ0n) is 15.7. The molecule has 8 nitrogen and oxygen atoms in total. The van der Waals surface area contributed by atoms with Crippen molar-refractivity contribution < 1.29 is 14.4 Å². The largest absolute Gasteiger partial charge is 0.323 e. The number of thioether (sulfide) groups is 1. The van der Waals surface area contributed by atoms with Gasteiger partial charge in [0, 0.05) is 41.5 Å². The Kier molecular flexibility index (Phi) is 5.71. The standard InChI is InChI=1S/C21H17N5O3S/c27-19(6-3-14-10-22-8-7-17(14)15-11-23-24-12-15)25-16-4-1-13(2-5-16)9-18-20(28)26-21(29)30-18/h1-8,10-12,18H,9H2,(H,23,24)(H,25,27)(H,26,28,29)/b6-3+. The van der Waals surface area contributed by atoms with Gasteiger partial charge in [-0.25, -0.2) is 0 Å². The van der Waals surface area contributed by atoms with Crippen LogP contribution < -0.4 is 10.6 Å². The van der Waals surface area contributed by atoms with Gasteiger partial charge in [-0.05, 0) is 41.8 Å². The third-order valence-corrected chi connectivity index (χ3v) is 5.47. The van der Waals surface area contributed by atoms with E-state index < -0.39 is 5.25 Å². The summed E-state index contributed by atoms with van der Waals surface area (Å²) < 4.78 is 0. The highest BCUT2D eigenvalue weighted by Gasteiger charge is 2.31. The van der Waals surface area contributed by atoms with Gasteiger partial charge in [-0.2, -0.15) is 5.10 Å². The number of hydrogen-bond donors (Lipinski definition) is 3. The normalized spacial score (nSPS) is 16.1. The Bertz CT molecular complexity index is 1110. The van der Waals surface area contributed by atoms with Gasteiger partial charge >= 0.3 is 0 Å². The molecule has 0 saturated carbocycles. The van der Waals surface area contributed by atoms with Crippen LogP contribution >= 0.6 is 11.8 Å². The van der Waals surface area contributed by atoms with Crippen molar-refractivity contribution in [2.75, 3.05) is 5.32 Å². The van der Waals surface area contributed by atoms with Gasteiger partial charge in [0.15, 0.2) is 0 Å². The number of imide groups is 1. The van der Waals surface area contributed by atoms with E-state index >= 15 is 0 Å². The molecule has 0 spiro atoms. The van der Waals surface area contributed by atoms with Crippen LogP contribution in [0.3, 0.4) is 0 Å². The molecule has 0 bridgehead atoms. The number of aromatic amines is 1. The molecule has 150 valence electrons. The summed E-state index contributed by atoms with van der Waals surface area (Å²) in [5.74, 6) is -0.543. The van der Waals surface area contributed by atoms with Gasteiger partial charge in [0.25, 0.3) is 5.24 Å². The monoisotopic (exact) mass is 419 g/mol. The molecule has 0 radical (unpaired) electrons. The molecule has 0 aliphatic carbocycles. The first kappa shape index (κ1) is 19.6. The van der Waals surface area contributed by atoms with Gasteiger partial charge in [-0.1, -0.05) is 23.9 Å². The molecule has 1 aliphatic rings. The van der Waals surface area contributed by atoms with Gasteiger partial charge in [0.05, 0.1) is 11.4 Å². The van der Waals surface area contributed by atoms with Crippen molar-refractivity contribution in [3.63, 3.8) is 0 Å². The van der Waals surface area contributed by atoms with Crippen molar-refractivity contribution in [2.24, 2.45) is 0 Å². The number of anilines is 1. The lowest BCUT2D eigenvalue weighted by Crippen LogP contribution is -2.25. The number of nitrogens with zero attached hydrogens (tertiary/aromatic N) is 2. The first-order chi connectivity index (χ1) is 14.6. The average Bonchev–Trinajstić information content (AvgIpc) is 3.38. The van der Waals surface area contributed by atoms with Gasteiger partial charge in [0.1, 0.15) is 0 Å². The molecule has 1 aromatic carbocycles. The summed E-state index contributed by atoms with van der Waals surface area (Å²) in [6, 6.07) is 9.04. The number of carbonyl (C=O) groups excluding carboxylic acids is 3. The second kappa shape index (κ2) is 8.75. The Morgan fingerprint density at radius 1 is 1.17 bits per heavy atom. The van der Waals surface area contributed by atoms with Crippen molar-refractivity contribution >= 4 is 40.6 Å². The summed E-state index contributed by atoms with van der Waals surface area (Å²) in [6.07, 6.45) is 10.4. The van der Waals surface area contributed by atoms with E-state index in [2.05, 4.69) is 25.8 Å². The number of amides is 3. The number of pyridine rings is 1. The fraction of sp³-hybridized carbons (Fsp3) is 0.0952. The number of aromatic nitrogens is 3. The van der Waals surface area contributed by atoms with E-state index in [1.165, 1.54) is 6.08 Å². The van der Waals surface area contributed by atoms with E-state index in [1.807, 2.05) is 18.2 Å². The van der Waals surface area contributed by atoms with Gasteiger partial charge in [-0.15, -0.1) is 0 Å². The van der Waals surface area contributed by atoms with Crippen LogP contribution in [0.5, 0.6) is 0 Å². The van der Waals surface area contributed by atoms with Crippen molar-refractivity contribution in [3.05, 3.63) is 72.3 Å². The minimum absolute atomic E-state index is 0.266. The molecule has 3 amide bonds. The molecule has 1 atom stereocenters. The molecule has 1 fully saturated rings. The summed E-state index contributed by atoms with van der Waals surface area (Å²) in [7, 11) is 0. The third kappa shape index (κ3) is 4.64. The lowest BCUT2D eigenvalue weighted by atomic mass is 10.0. The van der Waals surface area contributed by atoms with Crippen LogP contribution in [0.15, 0.2) is 61.2 Å². The smallest absolute Gasteiger partial charge is 0.286 e. The Morgan fingerprint density at radius 2 is 2.00 bits per heavy atom. The number of H-pyrrole nitrogens is 1. The topological polar surface area (TPSA) is 117 Å². The van der Waals surface area contributed by atoms with Crippen molar-refractivity contribution in [1.29, 1.82) is 0 Å². The van der Waals surface area contributed by atoms with E-state index in [0.717, 1.165) is 34.0 Å². The van der Waals surface area contributed by atoms with Crippen molar-refractivity contribution in [1.82, 2.24) is 20.5 Å². The first-order valence-corrected chi connectivity index (χ1v) is 9.99. The van der Waals surface area contributed by atoms with Crippen LogP contribution in [-0.2, 0) is 16.0 Å². The molecular weight excluding hydrogens is 402 g/mol. The third-order valence-electron chi connectivity index (χ3n) is 4.48. The maximum absolute atomic E-state index is 12.3. The molecule has 2 aromatic heterocycles. The SMILES string of the molecule is O=C(/C=C/c1cnccc1-c1cn[nH]c1)Nc1ccc(CC2SC(=O)NC2=O)cc1. The summed E-state index contributed by atoms with van der Waals surface area (Å²) in [5, 5.41) is 11.1. The van der Waals surface area contributed by atoms with Crippen LogP contribution in [-0.4, -0.2) is 37.5 Å². The minimum atomic E-state index is -0.412. The maximum atomic E-state index is 12.3. The molecular formula is C21H17N5O3S. The number of carbonyl (C=O) groups is 3. The van der Waals surface area contributed by atoms with Crippen LogP contribution in [0.1, 0.15) is 11.1 Å². The summed E-state index contributed by atoms with van der Waals surface area (Å²) in [4.78, 5) is 39.3. The van der Waals surface area contributed by atoms with Crippen molar-refractivity contribution in [3.8, 4) is 11.1 Å². The zero-order valence-corrected chi connectivity index (χ0v) is 16.5. The lowest BCUT2D eigenvalue weighted by Gasteiger charge is -2.07. The quantitative estimate of drug-likeness (QED) is 0.529.